The maximum absolute atomic E-state index is 5.64. The molecule has 0 bridgehead atoms. The van der Waals surface area contributed by atoms with Gasteiger partial charge in [-0.1, -0.05) is 37.9 Å². The monoisotopic (exact) mass is 249 g/mol. The van der Waals surface area contributed by atoms with Crippen molar-refractivity contribution in [1.29, 1.82) is 0 Å². The molecule has 0 aromatic carbocycles. The van der Waals surface area contributed by atoms with Crippen molar-refractivity contribution in [3.8, 4) is 0 Å². The summed E-state index contributed by atoms with van der Waals surface area (Å²) in [6, 6.07) is 3.88. The zero-order valence-corrected chi connectivity index (χ0v) is 10.8. The van der Waals surface area contributed by atoms with Gasteiger partial charge in [0.2, 0.25) is 0 Å². The van der Waals surface area contributed by atoms with E-state index in [4.69, 9.17) is 18.0 Å². The van der Waals surface area contributed by atoms with E-state index in [1.807, 2.05) is 12.1 Å². The lowest BCUT2D eigenvalue weighted by Gasteiger charge is -2.12. The molecule has 0 spiro atoms. The fourth-order valence-corrected chi connectivity index (χ4v) is 2.62. The summed E-state index contributed by atoms with van der Waals surface area (Å²) in [6.45, 7) is 0.978. The number of thiocarbonyl (C=S) groups is 1. The molecule has 1 aromatic rings. The molecule has 1 aliphatic rings. The van der Waals surface area contributed by atoms with Crippen molar-refractivity contribution in [2.24, 2.45) is 11.7 Å². The first kappa shape index (κ1) is 12.3. The van der Waals surface area contributed by atoms with Gasteiger partial charge in [-0.3, -0.25) is 4.98 Å². The van der Waals surface area contributed by atoms with E-state index in [-0.39, 0.29) is 0 Å². The van der Waals surface area contributed by atoms with Gasteiger partial charge in [-0.2, -0.15) is 0 Å². The highest BCUT2D eigenvalue weighted by Crippen LogP contribution is 2.27. The van der Waals surface area contributed by atoms with Crippen molar-refractivity contribution < 1.29 is 0 Å². The van der Waals surface area contributed by atoms with Crippen LogP contribution in [-0.4, -0.2) is 16.5 Å². The van der Waals surface area contributed by atoms with Crippen LogP contribution in [-0.2, 0) is 0 Å². The second-order valence-electron chi connectivity index (χ2n) is 4.63. The van der Waals surface area contributed by atoms with Gasteiger partial charge >= 0.3 is 0 Å². The summed E-state index contributed by atoms with van der Waals surface area (Å²) < 4.78 is 0. The fourth-order valence-electron chi connectivity index (χ4n) is 2.45. The maximum Gasteiger partial charge on any atom is 0.124 e. The lowest BCUT2D eigenvalue weighted by atomic mass is 10.0. The number of pyridine rings is 1. The largest absolute Gasteiger partial charge is 0.388 e. The van der Waals surface area contributed by atoms with E-state index in [0.29, 0.717) is 10.7 Å². The van der Waals surface area contributed by atoms with Crippen LogP contribution in [0.1, 0.15) is 37.8 Å². The van der Waals surface area contributed by atoms with E-state index in [2.05, 4.69) is 10.3 Å². The van der Waals surface area contributed by atoms with Gasteiger partial charge in [0.15, 0.2) is 0 Å². The molecule has 1 heterocycles. The summed E-state index contributed by atoms with van der Waals surface area (Å²) in [6.07, 6.45) is 8.52. The number of rotatable bonds is 5. The first-order valence-corrected chi connectivity index (χ1v) is 6.67. The van der Waals surface area contributed by atoms with Gasteiger partial charge in [0.25, 0.3) is 0 Å². The van der Waals surface area contributed by atoms with Crippen LogP contribution in [0, 0.1) is 5.92 Å². The predicted octanol–water partition coefficient (Wildman–Crippen LogP) is 2.71. The molecule has 0 saturated heterocycles. The molecule has 0 unspecified atom stereocenters. The highest BCUT2D eigenvalue weighted by molar-refractivity contribution is 7.80. The molecule has 3 nitrogen and oxygen atoms in total. The van der Waals surface area contributed by atoms with Crippen LogP contribution >= 0.6 is 12.2 Å². The van der Waals surface area contributed by atoms with Gasteiger partial charge in [0, 0.05) is 12.7 Å². The first-order valence-electron chi connectivity index (χ1n) is 6.26. The van der Waals surface area contributed by atoms with Gasteiger partial charge in [0.05, 0.1) is 5.69 Å². The molecule has 0 radical (unpaired) electrons. The Hall–Kier alpha value is -1.16. The predicted molar refractivity (Wildman–Crippen MR) is 75.2 cm³/mol. The molecule has 0 aliphatic heterocycles. The van der Waals surface area contributed by atoms with Crippen molar-refractivity contribution in [2.45, 2.75) is 32.1 Å². The zero-order chi connectivity index (χ0) is 12.1. The van der Waals surface area contributed by atoms with Crippen LogP contribution in [0.5, 0.6) is 0 Å². The van der Waals surface area contributed by atoms with Crippen LogP contribution in [0.3, 0.4) is 0 Å². The quantitative estimate of drug-likeness (QED) is 0.788. The van der Waals surface area contributed by atoms with E-state index >= 15 is 0 Å². The Morgan fingerprint density at radius 3 is 2.94 bits per heavy atom. The third-order valence-electron chi connectivity index (χ3n) is 3.38. The van der Waals surface area contributed by atoms with Gasteiger partial charge in [0.1, 0.15) is 10.7 Å². The normalized spacial score (nSPS) is 16.0. The Balaban J connectivity index is 1.87. The van der Waals surface area contributed by atoms with Crippen molar-refractivity contribution in [1.82, 2.24) is 4.98 Å². The third kappa shape index (κ3) is 3.40. The molecule has 1 aromatic heterocycles. The SMILES string of the molecule is NC(=S)c1ncccc1NCCC1CCCC1. The molecule has 17 heavy (non-hydrogen) atoms. The van der Waals surface area contributed by atoms with E-state index in [0.717, 1.165) is 18.2 Å². The zero-order valence-electron chi connectivity index (χ0n) is 9.98. The average molecular weight is 249 g/mol. The smallest absolute Gasteiger partial charge is 0.124 e. The lowest BCUT2D eigenvalue weighted by Crippen LogP contribution is -2.16. The minimum Gasteiger partial charge on any atom is -0.388 e. The number of aromatic nitrogens is 1. The second-order valence-corrected chi connectivity index (χ2v) is 5.07. The van der Waals surface area contributed by atoms with Crippen molar-refractivity contribution in [3.05, 3.63) is 24.0 Å². The van der Waals surface area contributed by atoms with Crippen LogP contribution in [0.2, 0.25) is 0 Å². The standard InChI is InChI=1S/C13H19N3S/c14-13(17)12-11(6-3-8-16-12)15-9-7-10-4-1-2-5-10/h3,6,8,10,15H,1-2,4-5,7,9H2,(H2,14,17). The van der Waals surface area contributed by atoms with Crippen LogP contribution in [0.25, 0.3) is 0 Å². The molecule has 3 N–H and O–H groups in total. The first-order chi connectivity index (χ1) is 8.27. The summed E-state index contributed by atoms with van der Waals surface area (Å²) in [5.41, 5.74) is 7.30. The highest BCUT2D eigenvalue weighted by atomic mass is 32.1. The van der Waals surface area contributed by atoms with Gasteiger partial charge in [-0.15, -0.1) is 0 Å². The summed E-state index contributed by atoms with van der Waals surface area (Å²) in [5, 5.41) is 3.39. The summed E-state index contributed by atoms with van der Waals surface area (Å²) in [7, 11) is 0. The Morgan fingerprint density at radius 1 is 1.47 bits per heavy atom. The summed E-state index contributed by atoms with van der Waals surface area (Å²) in [5.74, 6) is 0.896. The number of anilines is 1. The minimum atomic E-state index is 0.356. The molecular formula is C13H19N3S. The average Bonchev–Trinajstić information content (AvgIpc) is 2.82. The molecule has 0 atom stereocenters. The Kier molecular flexibility index (Phi) is 4.31. The fraction of sp³-hybridized carbons (Fsp3) is 0.538. The Bertz CT molecular complexity index is 386. The minimum absolute atomic E-state index is 0.356. The van der Waals surface area contributed by atoms with Crippen molar-refractivity contribution in [3.63, 3.8) is 0 Å². The molecule has 1 fully saturated rings. The van der Waals surface area contributed by atoms with E-state index in [1.165, 1.54) is 32.1 Å². The van der Waals surface area contributed by atoms with Crippen LogP contribution in [0.4, 0.5) is 5.69 Å². The summed E-state index contributed by atoms with van der Waals surface area (Å²) >= 11 is 4.98. The van der Waals surface area contributed by atoms with E-state index < -0.39 is 0 Å². The van der Waals surface area contributed by atoms with Crippen LogP contribution < -0.4 is 11.1 Å². The van der Waals surface area contributed by atoms with Crippen molar-refractivity contribution >= 4 is 22.9 Å². The number of nitrogens with two attached hydrogens (primary N) is 1. The number of hydrogen-bond acceptors (Lipinski definition) is 3. The van der Waals surface area contributed by atoms with E-state index in [9.17, 15) is 0 Å². The third-order valence-corrected chi connectivity index (χ3v) is 3.58. The number of hydrogen-bond donors (Lipinski definition) is 2. The topological polar surface area (TPSA) is 50.9 Å². The van der Waals surface area contributed by atoms with E-state index in [1.54, 1.807) is 6.20 Å². The van der Waals surface area contributed by atoms with Crippen molar-refractivity contribution in [2.75, 3.05) is 11.9 Å². The highest BCUT2D eigenvalue weighted by Gasteiger charge is 2.14. The molecule has 0 amide bonds. The lowest BCUT2D eigenvalue weighted by molar-refractivity contribution is 0.518. The summed E-state index contributed by atoms with van der Waals surface area (Å²) in [4.78, 5) is 4.56. The molecular weight excluding hydrogens is 230 g/mol. The van der Waals surface area contributed by atoms with Gasteiger partial charge in [-0.25, -0.2) is 0 Å². The number of nitrogens with one attached hydrogen (secondary N) is 1. The number of nitrogens with zero attached hydrogens (tertiary/aromatic N) is 1. The Labute approximate surface area is 108 Å². The second kappa shape index (κ2) is 5.96. The van der Waals surface area contributed by atoms with Gasteiger partial charge in [-0.05, 0) is 24.5 Å². The molecule has 4 heteroatoms. The molecule has 2 rings (SSSR count). The van der Waals surface area contributed by atoms with Crippen LogP contribution in [0.15, 0.2) is 18.3 Å². The molecule has 1 saturated carbocycles. The Morgan fingerprint density at radius 2 is 2.24 bits per heavy atom. The molecule has 92 valence electrons. The maximum atomic E-state index is 5.64. The molecule has 1 aliphatic carbocycles. The van der Waals surface area contributed by atoms with Gasteiger partial charge < -0.3 is 11.1 Å².